The minimum absolute atomic E-state index is 0.0748. The molecule has 3 saturated carbocycles. The Morgan fingerprint density at radius 2 is 1.81 bits per heavy atom. The van der Waals surface area contributed by atoms with E-state index in [-0.39, 0.29) is 28.8 Å². The highest BCUT2D eigenvalue weighted by Gasteiger charge is 2.59. The first-order valence-corrected chi connectivity index (χ1v) is 10.6. The van der Waals surface area contributed by atoms with Crippen LogP contribution < -0.4 is 0 Å². The van der Waals surface area contributed by atoms with Crippen LogP contribution in [0, 0.1) is 34.5 Å². The van der Waals surface area contributed by atoms with Crippen LogP contribution in [0.3, 0.4) is 0 Å². The molecule has 0 bridgehead atoms. The Bertz CT molecular complexity index is 650. The first-order chi connectivity index (χ1) is 12.3. The zero-order valence-corrected chi connectivity index (χ0v) is 16.8. The lowest BCUT2D eigenvalue weighted by atomic mass is 9.47. The molecule has 3 fully saturated rings. The maximum absolute atomic E-state index is 12.2. The fraction of sp³-hybridized carbons (Fsp3) is 0.826. The number of ketones is 1. The van der Waals surface area contributed by atoms with E-state index in [4.69, 9.17) is 4.74 Å². The predicted octanol–water partition coefficient (Wildman–Crippen LogP) is 5.09. The molecule has 0 unspecified atom stereocenters. The van der Waals surface area contributed by atoms with Gasteiger partial charge in [0.2, 0.25) is 0 Å². The molecule has 0 spiro atoms. The third kappa shape index (κ3) is 2.60. The monoisotopic (exact) mass is 358 g/mol. The van der Waals surface area contributed by atoms with Crippen molar-refractivity contribution < 1.29 is 14.3 Å². The minimum atomic E-state index is -0.150. The van der Waals surface area contributed by atoms with E-state index < -0.39 is 0 Å². The molecule has 4 aliphatic carbocycles. The third-order valence-electron chi connectivity index (χ3n) is 8.88. The molecule has 3 heteroatoms. The fourth-order valence-electron chi connectivity index (χ4n) is 7.63. The normalized spacial score (nSPS) is 47.2. The van der Waals surface area contributed by atoms with Gasteiger partial charge < -0.3 is 4.74 Å². The van der Waals surface area contributed by atoms with Gasteiger partial charge in [-0.15, -0.1) is 0 Å². The number of esters is 1. The molecule has 0 aliphatic heterocycles. The number of hydrogen-bond donors (Lipinski definition) is 0. The number of carbonyl (C=O) groups is 2. The average molecular weight is 359 g/mol. The number of rotatable bonds is 2. The van der Waals surface area contributed by atoms with E-state index in [0.29, 0.717) is 11.7 Å². The van der Waals surface area contributed by atoms with Crippen molar-refractivity contribution in [3.05, 3.63) is 11.6 Å². The molecule has 0 amide bonds. The molecule has 0 aromatic carbocycles. The molecule has 4 aliphatic rings. The van der Waals surface area contributed by atoms with Crippen molar-refractivity contribution in [3.8, 4) is 0 Å². The first kappa shape index (κ1) is 18.3. The highest BCUT2D eigenvalue weighted by molar-refractivity contribution is 5.79. The zero-order chi connectivity index (χ0) is 18.7. The van der Waals surface area contributed by atoms with Gasteiger partial charge in [0.15, 0.2) is 0 Å². The largest absolute Gasteiger partial charge is 0.462 e. The summed E-state index contributed by atoms with van der Waals surface area (Å²) in [5.74, 6) is 2.72. The summed E-state index contributed by atoms with van der Waals surface area (Å²) < 4.78 is 5.53. The molecule has 7 atom stereocenters. The van der Waals surface area contributed by atoms with Crippen molar-refractivity contribution in [2.75, 3.05) is 0 Å². The number of Topliss-reactive ketones (excluding diaryl/α,β-unsaturated/α-hetero) is 1. The topological polar surface area (TPSA) is 43.4 Å². The van der Waals surface area contributed by atoms with Crippen LogP contribution in [0.2, 0.25) is 0 Å². The number of allylic oxidation sites excluding steroid dienone is 1. The van der Waals surface area contributed by atoms with Crippen molar-refractivity contribution in [1.29, 1.82) is 0 Å². The van der Waals surface area contributed by atoms with E-state index in [1.807, 2.05) is 0 Å². The molecular formula is C23H34O3. The smallest absolute Gasteiger partial charge is 0.302 e. The van der Waals surface area contributed by atoms with Gasteiger partial charge in [-0.05, 0) is 80.5 Å². The molecule has 144 valence electrons. The van der Waals surface area contributed by atoms with Gasteiger partial charge in [0.25, 0.3) is 0 Å². The van der Waals surface area contributed by atoms with Crippen molar-refractivity contribution in [3.63, 3.8) is 0 Å². The van der Waals surface area contributed by atoms with Crippen LogP contribution in [0.15, 0.2) is 11.6 Å². The number of fused-ring (bicyclic) bond motifs is 5. The maximum atomic E-state index is 12.2. The van der Waals surface area contributed by atoms with E-state index in [0.717, 1.165) is 43.9 Å². The van der Waals surface area contributed by atoms with Crippen molar-refractivity contribution in [2.45, 2.75) is 85.2 Å². The predicted molar refractivity (Wildman–Crippen MR) is 101 cm³/mol. The lowest BCUT2D eigenvalue weighted by molar-refractivity contribution is -0.149. The molecule has 0 aromatic heterocycles. The Kier molecular flexibility index (Phi) is 4.36. The molecule has 0 radical (unpaired) electrons. The molecule has 4 rings (SSSR count). The van der Waals surface area contributed by atoms with Gasteiger partial charge in [-0.25, -0.2) is 0 Å². The molecule has 0 N–H and O–H groups in total. The lowest BCUT2D eigenvalue weighted by Crippen LogP contribution is -2.51. The maximum Gasteiger partial charge on any atom is 0.302 e. The van der Waals surface area contributed by atoms with Crippen LogP contribution in [0.4, 0.5) is 0 Å². The number of hydrogen-bond acceptors (Lipinski definition) is 3. The summed E-state index contributed by atoms with van der Waals surface area (Å²) in [7, 11) is 0. The highest BCUT2D eigenvalue weighted by atomic mass is 16.5. The Labute approximate surface area is 157 Å². The Morgan fingerprint density at radius 1 is 1.04 bits per heavy atom. The highest BCUT2D eigenvalue weighted by Crippen LogP contribution is 2.66. The first-order valence-electron chi connectivity index (χ1n) is 10.6. The Morgan fingerprint density at radius 3 is 2.50 bits per heavy atom. The second-order valence-corrected chi connectivity index (χ2v) is 10.0. The second kappa shape index (κ2) is 6.21. The van der Waals surface area contributed by atoms with Crippen LogP contribution in [-0.2, 0) is 14.3 Å². The molecule has 26 heavy (non-hydrogen) atoms. The van der Waals surface area contributed by atoms with Crippen molar-refractivity contribution in [2.24, 2.45) is 34.5 Å². The van der Waals surface area contributed by atoms with Gasteiger partial charge in [-0.3, -0.25) is 9.59 Å². The summed E-state index contributed by atoms with van der Waals surface area (Å²) in [5, 5.41) is 0. The minimum Gasteiger partial charge on any atom is -0.462 e. The molecule has 3 nitrogen and oxygen atoms in total. The van der Waals surface area contributed by atoms with E-state index in [2.05, 4.69) is 19.9 Å². The van der Waals surface area contributed by atoms with Crippen molar-refractivity contribution in [1.82, 2.24) is 0 Å². The molecule has 0 heterocycles. The quantitative estimate of drug-likeness (QED) is 0.510. The van der Waals surface area contributed by atoms with Gasteiger partial charge in [0.1, 0.15) is 11.9 Å². The van der Waals surface area contributed by atoms with Crippen LogP contribution >= 0.6 is 0 Å². The van der Waals surface area contributed by atoms with E-state index in [9.17, 15) is 9.59 Å². The third-order valence-corrected chi connectivity index (χ3v) is 8.88. The molecular weight excluding hydrogens is 324 g/mol. The van der Waals surface area contributed by atoms with Gasteiger partial charge >= 0.3 is 5.97 Å². The van der Waals surface area contributed by atoms with Gasteiger partial charge in [0.05, 0.1) is 0 Å². The summed E-state index contributed by atoms with van der Waals surface area (Å²) >= 11 is 0. The van der Waals surface area contributed by atoms with Gasteiger partial charge in [-0.1, -0.05) is 25.5 Å². The average Bonchev–Trinajstić information content (AvgIpc) is 2.92. The Hall–Kier alpha value is -1.12. The summed E-state index contributed by atoms with van der Waals surface area (Å²) in [5.41, 5.74) is 2.04. The molecule has 0 aromatic rings. The Balaban J connectivity index is 1.59. The number of ether oxygens (including phenoxy) is 1. The van der Waals surface area contributed by atoms with Crippen LogP contribution in [0.1, 0.15) is 79.1 Å². The van der Waals surface area contributed by atoms with Gasteiger partial charge in [-0.2, -0.15) is 0 Å². The SMILES string of the molecule is CC(=O)O[C@@H]1CC[C@@]2(C)C(=CC[C@H]3[C@H]2CC[C@]2(C)[C@@H](C(C)=O)CC[C@@H]32)C1. The zero-order valence-electron chi connectivity index (χ0n) is 16.8. The summed E-state index contributed by atoms with van der Waals surface area (Å²) in [6.45, 7) is 8.21. The summed E-state index contributed by atoms with van der Waals surface area (Å²) in [6, 6.07) is 0. The van der Waals surface area contributed by atoms with E-state index in [1.165, 1.54) is 26.2 Å². The standard InChI is InChI=1S/C23H34O3/c1-14(24)19-7-8-20-18-6-5-16-13-17(26-15(2)25)9-11-22(16,3)21(18)10-12-23(19,20)4/h5,17-21H,6-13H2,1-4H3/t17-,18-,19-,20+,21-,22+,23-/m1/s1. The lowest BCUT2D eigenvalue weighted by Gasteiger charge is -2.58. The fourth-order valence-corrected chi connectivity index (χ4v) is 7.63. The summed E-state index contributed by atoms with van der Waals surface area (Å²) in [4.78, 5) is 23.6. The summed E-state index contributed by atoms with van der Waals surface area (Å²) in [6.07, 6.45) is 11.6. The van der Waals surface area contributed by atoms with Crippen LogP contribution in [0.25, 0.3) is 0 Å². The number of carbonyl (C=O) groups excluding carboxylic acids is 2. The molecule has 0 saturated heterocycles. The van der Waals surface area contributed by atoms with Gasteiger partial charge in [0, 0.05) is 19.3 Å². The van der Waals surface area contributed by atoms with Crippen LogP contribution in [0.5, 0.6) is 0 Å². The van der Waals surface area contributed by atoms with E-state index in [1.54, 1.807) is 12.5 Å². The second-order valence-electron chi connectivity index (χ2n) is 10.0. The van der Waals surface area contributed by atoms with Crippen LogP contribution in [-0.4, -0.2) is 17.9 Å². The van der Waals surface area contributed by atoms with E-state index >= 15 is 0 Å². The van der Waals surface area contributed by atoms with Crippen molar-refractivity contribution >= 4 is 11.8 Å².